The number of nitrogens with one attached hydrogen (secondary N) is 1. The predicted molar refractivity (Wildman–Crippen MR) is 76.5 cm³/mol. The van der Waals surface area contributed by atoms with Crippen LogP contribution < -0.4 is 10.1 Å². The molecule has 0 atom stereocenters. The summed E-state index contributed by atoms with van der Waals surface area (Å²) < 4.78 is 5.67. The lowest BCUT2D eigenvalue weighted by Gasteiger charge is -2.07. The van der Waals surface area contributed by atoms with E-state index in [9.17, 15) is 0 Å². The zero-order valence-corrected chi connectivity index (χ0v) is 11.5. The molecule has 5 heteroatoms. The summed E-state index contributed by atoms with van der Waals surface area (Å²) in [6.07, 6.45) is 4.96. The van der Waals surface area contributed by atoms with Crippen molar-refractivity contribution in [2.75, 3.05) is 18.5 Å². The van der Waals surface area contributed by atoms with Crippen molar-refractivity contribution in [3.63, 3.8) is 0 Å². The highest BCUT2D eigenvalue weighted by atomic mass is 32.1. The first-order valence-corrected chi connectivity index (χ1v) is 6.96. The largest absolute Gasteiger partial charge is 0.473 e. The molecule has 0 saturated heterocycles. The van der Waals surface area contributed by atoms with Crippen LogP contribution in [0.25, 0.3) is 10.2 Å². The smallest absolute Gasteiger partial charge is 0.227 e. The summed E-state index contributed by atoms with van der Waals surface area (Å²) in [5.74, 6) is 1.29. The van der Waals surface area contributed by atoms with Gasteiger partial charge in [0.05, 0.1) is 5.39 Å². The molecule has 0 amide bonds. The van der Waals surface area contributed by atoms with Gasteiger partial charge < -0.3 is 10.1 Å². The standard InChI is InChI=1S/C13H17N3OS/c1-3-5-8-17-11-10-6-9-18-12(10)16-13(15-11)14-7-4-2/h3,5-6,9H,4,7-8H2,1-2H3,(H,14,15,16)/b5-3+. The van der Waals surface area contributed by atoms with Gasteiger partial charge in [-0.1, -0.05) is 19.1 Å². The van der Waals surface area contributed by atoms with E-state index < -0.39 is 0 Å². The summed E-state index contributed by atoms with van der Waals surface area (Å²) in [5, 5.41) is 6.18. The maximum Gasteiger partial charge on any atom is 0.227 e. The van der Waals surface area contributed by atoms with Gasteiger partial charge in [-0.15, -0.1) is 11.3 Å². The molecule has 4 nitrogen and oxygen atoms in total. The second-order valence-corrected chi connectivity index (χ2v) is 4.69. The van der Waals surface area contributed by atoms with Crippen molar-refractivity contribution >= 4 is 27.5 Å². The van der Waals surface area contributed by atoms with Crippen molar-refractivity contribution in [2.45, 2.75) is 20.3 Å². The number of fused-ring (bicyclic) bond motifs is 1. The lowest BCUT2D eigenvalue weighted by atomic mass is 10.4. The molecule has 2 aromatic rings. The van der Waals surface area contributed by atoms with Crippen LogP contribution in [0, 0.1) is 0 Å². The van der Waals surface area contributed by atoms with Gasteiger partial charge in [0.2, 0.25) is 11.8 Å². The first-order valence-electron chi connectivity index (χ1n) is 6.08. The summed E-state index contributed by atoms with van der Waals surface area (Å²) in [4.78, 5) is 9.83. The Morgan fingerprint density at radius 2 is 2.33 bits per heavy atom. The number of ether oxygens (including phenoxy) is 1. The second kappa shape index (κ2) is 6.35. The van der Waals surface area contributed by atoms with Crippen molar-refractivity contribution in [1.82, 2.24) is 9.97 Å². The van der Waals surface area contributed by atoms with Crippen molar-refractivity contribution < 1.29 is 4.74 Å². The predicted octanol–water partition coefficient (Wildman–Crippen LogP) is 3.47. The van der Waals surface area contributed by atoms with E-state index in [0.29, 0.717) is 18.4 Å². The second-order valence-electron chi connectivity index (χ2n) is 3.80. The van der Waals surface area contributed by atoms with Gasteiger partial charge in [0.15, 0.2) is 0 Å². The van der Waals surface area contributed by atoms with E-state index >= 15 is 0 Å². The third-order valence-electron chi connectivity index (χ3n) is 2.38. The van der Waals surface area contributed by atoms with Crippen LogP contribution in [-0.4, -0.2) is 23.1 Å². The quantitative estimate of drug-likeness (QED) is 0.811. The van der Waals surface area contributed by atoms with E-state index in [1.807, 2.05) is 30.5 Å². The molecule has 96 valence electrons. The molecular weight excluding hydrogens is 246 g/mol. The van der Waals surface area contributed by atoms with E-state index in [-0.39, 0.29) is 0 Å². The fourth-order valence-corrected chi connectivity index (χ4v) is 2.23. The summed E-state index contributed by atoms with van der Waals surface area (Å²) in [7, 11) is 0. The highest BCUT2D eigenvalue weighted by Gasteiger charge is 2.09. The van der Waals surface area contributed by atoms with Crippen LogP contribution in [0.2, 0.25) is 0 Å². The van der Waals surface area contributed by atoms with E-state index in [1.54, 1.807) is 11.3 Å². The Balaban J connectivity index is 2.26. The molecule has 18 heavy (non-hydrogen) atoms. The Kier molecular flexibility index (Phi) is 4.52. The lowest BCUT2D eigenvalue weighted by molar-refractivity contribution is 0.353. The molecule has 1 N–H and O–H groups in total. The maximum absolute atomic E-state index is 5.67. The lowest BCUT2D eigenvalue weighted by Crippen LogP contribution is -2.06. The molecule has 2 rings (SSSR count). The number of hydrogen-bond acceptors (Lipinski definition) is 5. The third kappa shape index (κ3) is 2.98. The van der Waals surface area contributed by atoms with Gasteiger partial charge in [-0.2, -0.15) is 4.98 Å². The van der Waals surface area contributed by atoms with E-state index in [4.69, 9.17) is 4.74 Å². The van der Waals surface area contributed by atoms with Gasteiger partial charge in [0.1, 0.15) is 11.4 Å². The van der Waals surface area contributed by atoms with Crippen molar-refractivity contribution in [3.8, 4) is 5.88 Å². The summed E-state index contributed by atoms with van der Waals surface area (Å²) in [6.45, 7) is 5.48. The molecule has 0 aliphatic heterocycles. The fraction of sp³-hybridized carbons (Fsp3) is 0.385. The van der Waals surface area contributed by atoms with Crippen LogP contribution >= 0.6 is 11.3 Å². The average molecular weight is 263 g/mol. The number of thiophene rings is 1. The summed E-state index contributed by atoms with van der Waals surface area (Å²) in [5.41, 5.74) is 0. The molecule has 0 radical (unpaired) electrons. The molecule has 0 aliphatic carbocycles. The molecule has 2 aromatic heterocycles. The minimum Gasteiger partial charge on any atom is -0.473 e. The average Bonchev–Trinajstić information content (AvgIpc) is 2.85. The van der Waals surface area contributed by atoms with Gasteiger partial charge in [-0.05, 0) is 24.8 Å². The zero-order chi connectivity index (χ0) is 12.8. The number of rotatable bonds is 6. The molecular formula is C13H17N3OS. The van der Waals surface area contributed by atoms with E-state index in [1.165, 1.54) is 0 Å². The van der Waals surface area contributed by atoms with Crippen LogP contribution in [0.5, 0.6) is 5.88 Å². The molecule has 0 aromatic carbocycles. The number of anilines is 1. The van der Waals surface area contributed by atoms with Crippen molar-refractivity contribution in [1.29, 1.82) is 0 Å². The monoisotopic (exact) mass is 263 g/mol. The number of allylic oxidation sites excluding steroid dienone is 1. The fourth-order valence-electron chi connectivity index (χ4n) is 1.48. The minimum atomic E-state index is 0.533. The SMILES string of the molecule is C/C=C/COc1nc(NCCC)nc2sccc12. The topological polar surface area (TPSA) is 47.0 Å². The summed E-state index contributed by atoms with van der Waals surface area (Å²) in [6, 6.07) is 1.99. The summed E-state index contributed by atoms with van der Waals surface area (Å²) >= 11 is 1.60. The first-order chi connectivity index (χ1) is 8.85. The zero-order valence-electron chi connectivity index (χ0n) is 10.6. The van der Waals surface area contributed by atoms with Gasteiger partial charge in [-0.25, -0.2) is 4.98 Å². The Hall–Kier alpha value is -1.62. The van der Waals surface area contributed by atoms with Gasteiger partial charge >= 0.3 is 0 Å². The van der Waals surface area contributed by atoms with Crippen LogP contribution in [-0.2, 0) is 0 Å². The Morgan fingerprint density at radius 1 is 1.44 bits per heavy atom. The normalized spacial score (nSPS) is 11.2. The molecule has 0 fully saturated rings. The van der Waals surface area contributed by atoms with Crippen LogP contribution in [0.3, 0.4) is 0 Å². The molecule has 0 bridgehead atoms. The first kappa shape index (κ1) is 12.8. The molecule has 0 aliphatic rings. The van der Waals surface area contributed by atoms with Gasteiger partial charge in [0, 0.05) is 6.54 Å². The van der Waals surface area contributed by atoms with E-state index in [0.717, 1.165) is 23.2 Å². The Bertz CT molecular complexity index is 536. The Labute approximate surface area is 111 Å². The molecule has 0 spiro atoms. The van der Waals surface area contributed by atoms with E-state index in [2.05, 4.69) is 22.2 Å². The van der Waals surface area contributed by atoms with Crippen molar-refractivity contribution in [2.24, 2.45) is 0 Å². The number of nitrogens with zero attached hydrogens (tertiary/aromatic N) is 2. The Morgan fingerprint density at radius 3 is 3.11 bits per heavy atom. The minimum absolute atomic E-state index is 0.533. The van der Waals surface area contributed by atoms with Gasteiger partial charge in [-0.3, -0.25) is 0 Å². The highest BCUT2D eigenvalue weighted by molar-refractivity contribution is 7.16. The number of hydrogen-bond donors (Lipinski definition) is 1. The van der Waals surface area contributed by atoms with Crippen LogP contribution in [0.4, 0.5) is 5.95 Å². The molecule has 2 heterocycles. The van der Waals surface area contributed by atoms with Gasteiger partial charge in [0.25, 0.3) is 0 Å². The molecule has 0 saturated carbocycles. The van der Waals surface area contributed by atoms with Crippen LogP contribution in [0.15, 0.2) is 23.6 Å². The van der Waals surface area contributed by atoms with Crippen LogP contribution in [0.1, 0.15) is 20.3 Å². The number of aromatic nitrogens is 2. The molecule has 0 unspecified atom stereocenters. The maximum atomic E-state index is 5.67. The highest BCUT2D eigenvalue weighted by Crippen LogP contribution is 2.28. The third-order valence-corrected chi connectivity index (χ3v) is 3.18. The van der Waals surface area contributed by atoms with Crippen molar-refractivity contribution in [3.05, 3.63) is 23.6 Å².